The summed E-state index contributed by atoms with van der Waals surface area (Å²) in [7, 11) is -3.38. The Morgan fingerprint density at radius 1 is 1.29 bits per heavy atom. The molecule has 3 N–H and O–H groups in total. The third-order valence-electron chi connectivity index (χ3n) is 1.21. The number of sulfonamides is 1. The molecule has 0 atom stereocenters. The Bertz CT molecular complexity index is 360. The van der Waals surface area contributed by atoms with Gasteiger partial charge in [0.2, 0.25) is 10.0 Å². The van der Waals surface area contributed by atoms with Crippen LogP contribution in [-0.2, 0) is 20.6 Å². The number of hydrogen-bond acceptors (Lipinski definition) is 3. The van der Waals surface area contributed by atoms with Gasteiger partial charge in [0.15, 0.2) is 0 Å². The van der Waals surface area contributed by atoms with E-state index in [1.165, 1.54) is 0 Å². The van der Waals surface area contributed by atoms with Gasteiger partial charge in [-0.25, -0.2) is 13.6 Å². The van der Waals surface area contributed by atoms with Gasteiger partial charge < -0.3 is 5.11 Å². The first-order valence-corrected chi connectivity index (χ1v) is 5.33. The van der Waals surface area contributed by atoms with Crippen molar-refractivity contribution < 1.29 is 18.3 Å². The molecule has 78 valence electrons. The molecule has 0 aliphatic rings. The molecule has 14 heavy (non-hydrogen) atoms. The summed E-state index contributed by atoms with van der Waals surface area (Å²) in [5.41, 5.74) is 0.718. The fraction of sp³-hybridized carbons (Fsp3) is 0.125. The Labute approximate surface area is 82.2 Å². The summed E-state index contributed by atoms with van der Waals surface area (Å²) in [6, 6.07) is 8.84. The van der Waals surface area contributed by atoms with Crippen molar-refractivity contribution in [1.82, 2.24) is 0 Å². The number of hydrogen-bond donors (Lipinski definition) is 2. The van der Waals surface area contributed by atoms with Crippen LogP contribution in [0.3, 0.4) is 0 Å². The first kappa shape index (κ1) is 12.6. The zero-order valence-electron chi connectivity index (χ0n) is 7.33. The third-order valence-corrected chi connectivity index (χ3v) is 1.95. The van der Waals surface area contributed by atoms with Crippen LogP contribution in [0.4, 0.5) is 0 Å². The second-order valence-corrected chi connectivity index (χ2v) is 4.01. The summed E-state index contributed by atoms with van der Waals surface area (Å²) >= 11 is 0. The maximum Gasteiger partial charge on any atom is 0.290 e. The average Bonchev–Trinajstić information content (AvgIpc) is 2.04. The van der Waals surface area contributed by atoms with E-state index < -0.39 is 10.0 Å². The molecule has 0 unspecified atom stereocenters. The predicted octanol–water partition coefficient (Wildman–Crippen LogP) is 0.176. The summed E-state index contributed by atoms with van der Waals surface area (Å²) in [6.45, 7) is -0.250. The molecule has 0 spiro atoms. The molecule has 0 heterocycles. The smallest absolute Gasteiger partial charge is 0.290 e. The second-order valence-electron chi connectivity index (χ2n) is 2.40. The summed E-state index contributed by atoms with van der Waals surface area (Å²) in [5.74, 6) is -0.0894. The maximum absolute atomic E-state index is 10.6. The molecular weight excluding hydrogens is 206 g/mol. The number of rotatable bonds is 2. The first-order chi connectivity index (χ1) is 6.49. The van der Waals surface area contributed by atoms with Crippen LogP contribution < -0.4 is 5.14 Å². The molecule has 0 saturated carbocycles. The van der Waals surface area contributed by atoms with Gasteiger partial charge in [0, 0.05) is 0 Å². The molecule has 0 radical (unpaired) electrons. The number of nitrogens with two attached hydrogens (primary N) is 1. The molecular formula is C8H11NO4S. The molecule has 0 saturated heterocycles. The van der Waals surface area contributed by atoms with Gasteiger partial charge in [-0.05, 0) is 5.56 Å². The normalized spacial score (nSPS) is 9.79. The molecule has 1 rings (SSSR count). The standard InChI is InChI=1S/C7H9NO2S.CH2O2/c8-11(9,10)6-7-4-2-1-3-5-7;2-1-3/h1-5H,6H2,(H2,8,9,10);1H,(H,2,3). The van der Waals surface area contributed by atoms with Gasteiger partial charge in [-0.2, -0.15) is 0 Å². The molecule has 1 aromatic carbocycles. The van der Waals surface area contributed by atoms with Gasteiger partial charge in [0.25, 0.3) is 6.47 Å². The van der Waals surface area contributed by atoms with E-state index in [0.29, 0.717) is 0 Å². The highest BCUT2D eigenvalue weighted by molar-refractivity contribution is 7.88. The number of carboxylic acid groups (broad SMARTS) is 1. The van der Waals surface area contributed by atoms with Crippen LogP contribution in [0.2, 0.25) is 0 Å². The van der Waals surface area contributed by atoms with Crippen molar-refractivity contribution in [3.8, 4) is 0 Å². The zero-order chi connectivity index (χ0) is 11.0. The Morgan fingerprint density at radius 3 is 2.07 bits per heavy atom. The molecule has 0 bridgehead atoms. The highest BCUT2D eigenvalue weighted by atomic mass is 32.2. The van der Waals surface area contributed by atoms with E-state index in [0.717, 1.165) is 5.56 Å². The highest BCUT2D eigenvalue weighted by Crippen LogP contribution is 2.01. The number of benzene rings is 1. The lowest BCUT2D eigenvalue weighted by Crippen LogP contribution is -2.14. The largest absolute Gasteiger partial charge is 0.483 e. The van der Waals surface area contributed by atoms with Crippen molar-refractivity contribution in [3.05, 3.63) is 35.9 Å². The molecule has 0 aromatic heterocycles. The van der Waals surface area contributed by atoms with E-state index in [9.17, 15) is 8.42 Å². The molecule has 0 fully saturated rings. The van der Waals surface area contributed by atoms with Crippen molar-refractivity contribution in [3.63, 3.8) is 0 Å². The summed E-state index contributed by atoms with van der Waals surface area (Å²) in [4.78, 5) is 8.36. The predicted molar refractivity (Wildman–Crippen MR) is 51.9 cm³/mol. The Morgan fingerprint density at radius 2 is 1.71 bits per heavy atom. The van der Waals surface area contributed by atoms with Crippen molar-refractivity contribution >= 4 is 16.5 Å². The molecule has 0 amide bonds. The van der Waals surface area contributed by atoms with E-state index in [-0.39, 0.29) is 12.2 Å². The zero-order valence-corrected chi connectivity index (χ0v) is 8.15. The minimum Gasteiger partial charge on any atom is -0.483 e. The fourth-order valence-corrected chi connectivity index (χ4v) is 1.46. The summed E-state index contributed by atoms with van der Waals surface area (Å²) in [6.07, 6.45) is 0. The van der Waals surface area contributed by atoms with Gasteiger partial charge in [-0.15, -0.1) is 0 Å². The van der Waals surface area contributed by atoms with Crippen LogP contribution in [0.15, 0.2) is 30.3 Å². The third kappa shape index (κ3) is 7.26. The maximum atomic E-state index is 10.6. The molecule has 0 aliphatic carbocycles. The van der Waals surface area contributed by atoms with Crippen LogP contribution in [0.5, 0.6) is 0 Å². The second kappa shape index (κ2) is 6.11. The van der Waals surface area contributed by atoms with E-state index >= 15 is 0 Å². The van der Waals surface area contributed by atoms with Crippen LogP contribution in [0.1, 0.15) is 5.56 Å². The van der Waals surface area contributed by atoms with Gasteiger partial charge in [-0.1, -0.05) is 30.3 Å². The minimum atomic E-state index is -3.38. The van der Waals surface area contributed by atoms with Gasteiger partial charge in [0.1, 0.15) is 0 Å². The Hall–Kier alpha value is -1.40. The lowest BCUT2D eigenvalue weighted by molar-refractivity contribution is -0.122. The van der Waals surface area contributed by atoms with Crippen LogP contribution in [-0.4, -0.2) is 20.0 Å². The van der Waals surface area contributed by atoms with Gasteiger partial charge in [0.05, 0.1) is 5.75 Å². The quantitative estimate of drug-likeness (QED) is 0.690. The van der Waals surface area contributed by atoms with Crippen LogP contribution in [0, 0.1) is 0 Å². The van der Waals surface area contributed by atoms with Crippen molar-refractivity contribution in [1.29, 1.82) is 0 Å². The van der Waals surface area contributed by atoms with E-state index in [1.54, 1.807) is 24.3 Å². The van der Waals surface area contributed by atoms with E-state index in [1.807, 2.05) is 6.07 Å². The molecule has 5 nitrogen and oxygen atoms in total. The van der Waals surface area contributed by atoms with Crippen LogP contribution >= 0.6 is 0 Å². The first-order valence-electron chi connectivity index (χ1n) is 3.62. The fourth-order valence-electron chi connectivity index (χ4n) is 0.807. The Kier molecular flexibility index (Phi) is 5.50. The van der Waals surface area contributed by atoms with Crippen molar-refractivity contribution in [2.75, 3.05) is 0 Å². The number of primary sulfonamides is 1. The summed E-state index contributed by atoms with van der Waals surface area (Å²) < 4.78 is 21.2. The van der Waals surface area contributed by atoms with Crippen LogP contribution in [0.25, 0.3) is 0 Å². The molecule has 1 aromatic rings. The van der Waals surface area contributed by atoms with Crippen molar-refractivity contribution in [2.45, 2.75) is 5.75 Å². The van der Waals surface area contributed by atoms with Crippen molar-refractivity contribution in [2.24, 2.45) is 5.14 Å². The monoisotopic (exact) mass is 217 g/mol. The topological polar surface area (TPSA) is 97.5 Å². The minimum absolute atomic E-state index is 0.0894. The highest BCUT2D eigenvalue weighted by Gasteiger charge is 2.02. The number of carbonyl (C=O) groups is 1. The lowest BCUT2D eigenvalue weighted by Gasteiger charge is -1.96. The Balaban J connectivity index is 0.000000500. The lowest BCUT2D eigenvalue weighted by atomic mass is 10.2. The van der Waals surface area contributed by atoms with Gasteiger partial charge >= 0.3 is 0 Å². The average molecular weight is 217 g/mol. The van der Waals surface area contributed by atoms with E-state index in [4.69, 9.17) is 15.0 Å². The summed E-state index contributed by atoms with van der Waals surface area (Å²) in [5, 5.41) is 11.7. The molecule has 6 heteroatoms. The van der Waals surface area contributed by atoms with E-state index in [2.05, 4.69) is 0 Å². The van der Waals surface area contributed by atoms with Gasteiger partial charge in [-0.3, -0.25) is 4.79 Å². The SMILES string of the molecule is NS(=O)(=O)Cc1ccccc1.O=CO. The molecule has 0 aliphatic heterocycles.